The minimum atomic E-state index is -0.939. The molecule has 0 aliphatic rings. The largest absolute Gasteiger partial charge is 0.478 e. The normalized spacial score (nSPS) is 13.5. The quantitative estimate of drug-likeness (QED) is 0.350. The number of carboxylic acid groups (broad SMARTS) is 1. The Labute approximate surface area is 104 Å². The molecule has 3 heteroatoms. The molecule has 0 aliphatic carbocycles. The first-order chi connectivity index (χ1) is 8.16. The summed E-state index contributed by atoms with van der Waals surface area (Å²) in [5.74, 6) is -0.939. The third kappa shape index (κ3) is 12.8. The zero-order valence-corrected chi connectivity index (χ0v) is 10.6. The molecular formula is C14H24O3. The lowest BCUT2D eigenvalue weighted by Gasteiger charge is -2.08. The van der Waals surface area contributed by atoms with Crippen LogP contribution in [-0.4, -0.2) is 22.3 Å². The van der Waals surface area contributed by atoms with Gasteiger partial charge in [0.05, 0.1) is 6.10 Å². The molecule has 98 valence electrons. The molecule has 0 saturated heterocycles. The first kappa shape index (κ1) is 15.9. The topological polar surface area (TPSA) is 57.5 Å². The van der Waals surface area contributed by atoms with Gasteiger partial charge in [-0.05, 0) is 19.3 Å². The highest BCUT2D eigenvalue weighted by atomic mass is 16.4. The monoisotopic (exact) mass is 240 g/mol. The van der Waals surface area contributed by atoms with Crippen molar-refractivity contribution in [3.05, 3.63) is 24.3 Å². The van der Waals surface area contributed by atoms with E-state index in [0.29, 0.717) is 0 Å². The van der Waals surface area contributed by atoms with Crippen LogP contribution in [0.3, 0.4) is 0 Å². The second-order valence-corrected chi connectivity index (χ2v) is 4.21. The average molecular weight is 240 g/mol. The summed E-state index contributed by atoms with van der Waals surface area (Å²) in [4.78, 5) is 10.2. The summed E-state index contributed by atoms with van der Waals surface area (Å²) in [7, 11) is 0. The molecule has 0 rings (SSSR count). The van der Waals surface area contributed by atoms with Crippen molar-refractivity contribution in [1.82, 2.24) is 0 Å². The molecule has 1 atom stereocenters. The first-order valence-electron chi connectivity index (χ1n) is 6.41. The van der Waals surface area contributed by atoms with Gasteiger partial charge >= 0.3 is 5.97 Å². The average Bonchev–Trinajstić information content (AvgIpc) is 2.29. The summed E-state index contributed by atoms with van der Waals surface area (Å²) in [6, 6.07) is 0. The number of aliphatic hydroxyl groups excluding tert-OH is 1. The summed E-state index contributed by atoms with van der Waals surface area (Å²) in [6.45, 7) is 2.17. The standard InChI is InChI=1S/C14H24O3/c1-2-3-4-7-10-13(15)11-8-5-6-9-12-14(16)17/h5-6,9,12-13,15H,2-4,7-8,10-11H2,1H3,(H,16,17)/b6-5-,12-9-. The number of carboxylic acids is 1. The van der Waals surface area contributed by atoms with Crippen molar-refractivity contribution in [2.24, 2.45) is 0 Å². The number of allylic oxidation sites excluding steroid dienone is 3. The molecule has 0 fully saturated rings. The Morgan fingerprint density at radius 1 is 1.18 bits per heavy atom. The van der Waals surface area contributed by atoms with Crippen LogP contribution in [0, 0.1) is 0 Å². The van der Waals surface area contributed by atoms with Gasteiger partial charge in [0.25, 0.3) is 0 Å². The fourth-order valence-corrected chi connectivity index (χ4v) is 1.55. The summed E-state index contributed by atoms with van der Waals surface area (Å²) < 4.78 is 0. The lowest BCUT2D eigenvalue weighted by atomic mass is 10.1. The highest BCUT2D eigenvalue weighted by molar-refractivity contribution is 5.80. The number of aliphatic carboxylic acids is 1. The second-order valence-electron chi connectivity index (χ2n) is 4.21. The van der Waals surface area contributed by atoms with Gasteiger partial charge in [-0.1, -0.05) is 50.8 Å². The summed E-state index contributed by atoms with van der Waals surface area (Å²) in [5.41, 5.74) is 0. The molecule has 0 heterocycles. The van der Waals surface area contributed by atoms with Gasteiger partial charge in [-0.2, -0.15) is 0 Å². The molecule has 0 bridgehead atoms. The maximum absolute atomic E-state index is 10.2. The van der Waals surface area contributed by atoms with Gasteiger partial charge < -0.3 is 10.2 Å². The summed E-state index contributed by atoms with van der Waals surface area (Å²) in [5, 5.41) is 18.0. The third-order valence-corrected chi connectivity index (χ3v) is 2.54. The van der Waals surface area contributed by atoms with Crippen molar-refractivity contribution < 1.29 is 15.0 Å². The van der Waals surface area contributed by atoms with E-state index in [9.17, 15) is 9.90 Å². The van der Waals surface area contributed by atoms with Crippen molar-refractivity contribution in [3.8, 4) is 0 Å². The Kier molecular flexibility index (Phi) is 10.7. The second kappa shape index (κ2) is 11.4. The van der Waals surface area contributed by atoms with Crippen LogP contribution in [-0.2, 0) is 4.79 Å². The lowest BCUT2D eigenvalue weighted by Crippen LogP contribution is -2.05. The zero-order chi connectivity index (χ0) is 12.9. The fraction of sp³-hybridized carbons (Fsp3) is 0.643. The molecule has 0 aromatic carbocycles. The van der Waals surface area contributed by atoms with E-state index in [-0.39, 0.29) is 6.10 Å². The van der Waals surface area contributed by atoms with E-state index in [4.69, 9.17) is 5.11 Å². The maximum atomic E-state index is 10.2. The molecule has 0 radical (unpaired) electrons. The van der Waals surface area contributed by atoms with Crippen molar-refractivity contribution in [2.75, 3.05) is 0 Å². The van der Waals surface area contributed by atoms with Crippen molar-refractivity contribution in [2.45, 2.75) is 58.0 Å². The van der Waals surface area contributed by atoms with E-state index in [0.717, 1.165) is 31.8 Å². The van der Waals surface area contributed by atoms with Gasteiger partial charge in [-0.25, -0.2) is 4.79 Å². The van der Waals surface area contributed by atoms with E-state index in [1.54, 1.807) is 6.08 Å². The van der Waals surface area contributed by atoms with E-state index in [1.165, 1.54) is 25.3 Å². The van der Waals surface area contributed by atoms with Crippen LogP contribution in [0.2, 0.25) is 0 Å². The molecule has 1 unspecified atom stereocenters. The first-order valence-corrected chi connectivity index (χ1v) is 6.41. The number of carbonyl (C=O) groups is 1. The smallest absolute Gasteiger partial charge is 0.328 e. The number of hydrogen-bond donors (Lipinski definition) is 2. The van der Waals surface area contributed by atoms with Crippen LogP contribution >= 0.6 is 0 Å². The van der Waals surface area contributed by atoms with Gasteiger partial charge in [0.1, 0.15) is 0 Å². The zero-order valence-electron chi connectivity index (χ0n) is 10.6. The van der Waals surface area contributed by atoms with Crippen LogP contribution in [0.1, 0.15) is 51.9 Å². The molecule has 0 amide bonds. The van der Waals surface area contributed by atoms with Crippen LogP contribution in [0.15, 0.2) is 24.3 Å². The van der Waals surface area contributed by atoms with E-state index in [1.807, 2.05) is 6.08 Å². The molecule has 17 heavy (non-hydrogen) atoms. The predicted molar refractivity (Wildman–Crippen MR) is 69.9 cm³/mol. The number of rotatable bonds is 10. The van der Waals surface area contributed by atoms with Crippen molar-refractivity contribution in [1.29, 1.82) is 0 Å². The molecule has 0 saturated carbocycles. The number of hydrogen-bond acceptors (Lipinski definition) is 2. The van der Waals surface area contributed by atoms with Crippen molar-refractivity contribution >= 4 is 5.97 Å². The van der Waals surface area contributed by atoms with Gasteiger partial charge in [0, 0.05) is 6.08 Å². The fourth-order valence-electron chi connectivity index (χ4n) is 1.55. The van der Waals surface area contributed by atoms with Crippen LogP contribution in [0.25, 0.3) is 0 Å². The Morgan fingerprint density at radius 3 is 2.59 bits per heavy atom. The molecular weight excluding hydrogens is 216 g/mol. The Bertz CT molecular complexity index is 244. The van der Waals surface area contributed by atoms with Gasteiger partial charge in [-0.3, -0.25) is 0 Å². The maximum Gasteiger partial charge on any atom is 0.328 e. The number of aliphatic hydroxyl groups is 1. The van der Waals surface area contributed by atoms with Crippen LogP contribution in [0.4, 0.5) is 0 Å². The minimum Gasteiger partial charge on any atom is -0.478 e. The Morgan fingerprint density at radius 2 is 1.94 bits per heavy atom. The molecule has 3 nitrogen and oxygen atoms in total. The van der Waals surface area contributed by atoms with Crippen LogP contribution in [0.5, 0.6) is 0 Å². The molecule has 2 N–H and O–H groups in total. The van der Waals surface area contributed by atoms with Gasteiger partial charge in [0.15, 0.2) is 0 Å². The third-order valence-electron chi connectivity index (χ3n) is 2.54. The molecule has 0 aromatic heterocycles. The lowest BCUT2D eigenvalue weighted by molar-refractivity contribution is -0.131. The van der Waals surface area contributed by atoms with Crippen molar-refractivity contribution in [3.63, 3.8) is 0 Å². The SMILES string of the molecule is CCCCCCC(O)CC/C=C\C=C/C(=O)O. The Balaban J connectivity index is 3.44. The summed E-state index contributed by atoms with van der Waals surface area (Å²) >= 11 is 0. The molecule has 0 aliphatic heterocycles. The van der Waals surface area contributed by atoms with Gasteiger partial charge in [0.2, 0.25) is 0 Å². The Hall–Kier alpha value is -1.09. The van der Waals surface area contributed by atoms with E-state index in [2.05, 4.69) is 6.92 Å². The molecule has 0 spiro atoms. The van der Waals surface area contributed by atoms with Crippen LogP contribution < -0.4 is 0 Å². The predicted octanol–water partition coefficient (Wildman–Crippen LogP) is 3.29. The highest BCUT2D eigenvalue weighted by Crippen LogP contribution is 2.09. The molecule has 0 aromatic rings. The van der Waals surface area contributed by atoms with Gasteiger partial charge in [-0.15, -0.1) is 0 Å². The van der Waals surface area contributed by atoms with E-state index < -0.39 is 5.97 Å². The van der Waals surface area contributed by atoms with E-state index >= 15 is 0 Å². The number of unbranched alkanes of at least 4 members (excludes halogenated alkanes) is 3. The minimum absolute atomic E-state index is 0.222. The highest BCUT2D eigenvalue weighted by Gasteiger charge is 2.01. The summed E-state index contributed by atoms with van der Waals surface area (Å²) in [6.07, 6.45) is 13.1.